The number of rotatable bonds is 3. The second kappa shape index (κ2) is 5.91. The summed E-state index contributed by atoms with van der Waals surface area (Å²) >= 11 is 0. The maximum Gasteiger partial charge on any atom is 0.411 e. The van der Waals surface area contributed by atoms with Gasteiger partial charge in [-0.1, -0.05) is 18.2 Å². The molecule has 0 aliphatic heterocycles. The average Bonchev–Trinajstić information content (AvgIpc) is 2.43. The number of para-hydroxylation sites is 1. The van der Waals surface area contributed by atoms with Gasteiger partial charge in [-0.15, -0.1) is 0 Å². The smallest absolute Gasteiger partial charge is 0.411 e. The Labute approximate surface area is 112 Å². The maximum absolute atomic E-state index is 11.1. The van der Waals surface area contributed by atoms with E-state index >= 15 is 0 Å². The summed E-state index contributed by atoms with van der Waals surface area (Å²) in [5.41, 5.74) is 3.90. The van der Waals surface area contributed by atoms with Crippen molar-refractivity contribution in [2.75, 3.05) is 17.7 Å². The van der Waals surface area contributed by atoms with Gasteiger partial charge in [0.1, 0.15) is 0 Å². The zero-order valence-corrected chi connectivity index (χ0v) is 10.9. The molecular formula is C15H16N2O2. The lowest BCUT2D eigenvalue weighted by atomic mass is 10.2. The van der Waals surface area contributed by atoms with Crippen LogP contribution >= 0.6 is 0 Å². The predicted molar refractivity (Wildman–Crippen MR) is 76.9 cm³/mol. The summed E-state index contributed by atoms with van der Waals surface area (Å²) < 4.78 is 4.53. The van der Waals surface area contributed by atoms with Crippen LogP contribution in [0.4, 0.5) is 21.9 Å². The molecule has 4 heteroatoms. The van der Waals surface area contributed by atoms with E-state index in [4.69, 9.17) is 0 Å². The van der Waals surface area contributed by atoms with Crippen LogP contribution in [0, 0.1) is 6.92 Å². The van der Waals surface area contributed by atoms with Gasteiger partial charge in [-0.3, -0.25) is 5.32 Å². The summed E-state index contributed by atoms with van der Waals surface area (Å²) in [4.78, 5) is 11.1. The number of carbonyl (C=O) groups excluding carboxylic acids is 1. The van der Waals surface area contributed by atoms with E-state index in [0.717, 1.165) is 11.4 Å². The van der Waals surface area contributed by atoms with Crippen LogP contribution in [0.25, 0.3) is 0 Å². The van der Waals surface area contributed by atoms with Gasteiger partial charge in [-0.05, 0) is 42.8 Å². The third kappa shape index (κ3) is 3.48. The highest BCUT2D eigenvalue weighted by Gasteiger charge is 2.01. The third-order valence-corrected chi connectivity index (χ3v) is 2.74. The first-order valence-electron chi connectivity index (χ1n) is 5.97. The Kier molecular flexibility index (Phi) is 4.03. The van der Waals surface area contributed by atoms with Gasteiger partial charge in [-0.2, -0.15) is 0 Å². The van der Waals surface area contributed by atoms with Crippen LogP contribution in [0.1, 0.15) is 5.56 Å². The molecule has 0 saturated heterocycles. The first-order chi connectivity index (χ1) is 9.19. The van der Waals surface area contributed by atoms with Crippen molar-refractivity contribution in [3.8, 4) is 0 Å². The van der Waals surface area contributed by atoms with Gasteiger partial charge in [0.2, 0.25) is 0 Å². The SMILES string of the molecule is COC(=O)Nc1ccc(Nc2ccccc2C)cc1. The maximum atomic E-state index is 11.1. The van der Waals surface area contributed by atoms with Crippen LogP contribution in [-0.2, 0) is 4.74 Å². The van der Waals surface area contributed by atoms with Gasteiger partial charge in [0.15, 0.2) is 0 Å². The Bertz CT molecular complexity index is 565. The van der Waals surface area contributed by atoms with E-state index < -0.39 is 6.09 Å². The number of anilines is 3. The van der Waals surface area contributed by atoms with E-state index in [9.17, 15) is 4.79 Å². The minimum absolute atomic E-state index is 0.473. The van der Waals surface area contributed by atoms with Crippen molar-refractivity contribution in [3.63, 3.8) is 0 Å². The Hall–Kier alpha value is -2.49. The highest BCUT2D eigenvalue weighted by molar-refractivity contribution is 5.84. The van der Waals surface area contributed by atoms with Crippen molar-refractivity contribution in [1.29, 1.82) is 0 Å². The molecule has 0 aromatic heterocycles. The number of carbonyl (C=O) groups is 1. The molecule has 0 bridgehead atoms. The molecule has 0 spiro atoms. The number of benzene rings is 2. The van der Waals surface area contributed by atoms with Gasteiger partial charge < -0.3 is 10.1 Å². The molecule has 0 saturated carbocycles. The van der Waals surface area contributed by atoms with Gasteiger partial charge in [0.05, 0.1) is 7.11 Å². The molecule has 0 radical (unpaired) electrons. The molecule has 19 heavy (non-hydrogen) atoms. The molecule has 98 valence electrons. The van der Waals surface area contributed by atoms with Crippen LogP contribution in [0.2, 0.25) is 0 Å². The van der Waals surface area contributed by atoms with Crippen LogP contribution in [0.15, 0.2) is 48.5 Å². The normalized spacial score (nSPS) is 9.79. The third-order valence-electron chi connectivity index (χ3n) is 2.74. The van der Waals surface area contributed by atoms with E-state index in [0.29, 0.717) is 5.69 Å². The second-order valence-electron chi connectivity index (χ2n) is 4.13. The summed E-state index contributed by atoms with van der Waals surface area (Å²) in [6.45, 7) is 2.05. The molecule has 2 rings (SSSR count). The fraction of sp³-hybridized carbons (Fsp3) is 0.133. The molecule has 0 unspecified atom stereocenters. The number of aryl methyl sites for hydroxylation is 1. The minimum atomic E-state index is -0.473. The van der Waals surface area contributed by atoms with Crippen LogP contribution in [0.3, 0.4) is 0 Å². The first-order valence-corrected chi connectivity index (χ1v) is 5.97. The molecule has 0 heterocycles. The standard InChI is InChI=1S/C15H16N2O2/c1-11-5-3-4-6-14(11)16-12-7-9-13(10-8-12)17-15(18)19-2/h3-10,16H,1-2H3,(H,17,18). The molecule has 0 aliphatic carbocycles. The largest absolute Gasteiger partial charge is 0.453 e. The lowest BCUT2D eigenvalue weighted by Gasteiger charge is -2.10. The van der Waals surface area contributed by atoms with Crippen molar-refractivity contribution in [2.24, 2.45) is 0 Å². The van der Waals surface area contributed by atoms with Crippen LogP contribution in [0.5, 0.6) is 0 Å². The van der Waals surface area contributed by atoms with Crippen molar-refractivity contribution < 1.29 is 9.53 Å². The minimum Gasteiger partial charge on any atom is -0.453 e. The fourth-order valence-electron chi connectivity index (χ4n) is 1.67. The van der Waals surface area contributed by atoms with Crippen LogP contribution < -0.4 is 10.6 Å². The molecule has 4 nitrogen and oxygen atoms in total. The highest BCUT2D eigenvalue weighted by atomic mass is 16.5. The summed E-state index contributed by atoms with van der Waals surface area (Å²) in [6, 6.07) is 15.5. The summed E-state index contributed by atoms with van der Waals surface area (Å²) in [5, 5.41) is 5.93. The molecular weight excluding hydrogens is 240 g/mol. The van der Waals surface area contributed by atoms with E-state index in [1.807, 2.05) is 42.5 Å². The number of hydrogen-bond acceptors (Lipinski definition) is 3. The topological polar surface area (TPSA) is 50.4 Å². The molecule has 2 aromatic rings. The molecule has 0 atom stereocenters. The van der Waals surface area contributed by atoms with Gasteiger partial charge in [-0.25, -0.2) is 4.79 Å². The summed E-state index contributed by atoms with van der Waals surface area (Å²) in [7, 11) is 1.34. The van der Waals surface area contributed by atoms with Crippen LogP contribution in [-0.4, -0.2) is 13.2 Å². The molecule has 0 aliphatic rings. The van der Waals surface area contributed by atoms with Crippen molar-refractivity contribution in [2.45, 2.75) is 6.92 Å². The van der Waals surface area contributed by atoms with Crippen molar-refractivity contribution in [1.82, 2.24) is 0 Å². The number of methoxy groups -OCH3 is 1. The van der Waals surface area contributed by atoms with E-state index in [1.165, 1.54) is 12.7 Å². The molecule has 2 aromatic carbocycles. The summed E-state index contributed by atoms with van der Waals surface area (Å²) in [5.74, 6) is 0. The predicted octanol–water partition coefficient (Wildman–Crippen LogP) is 3.92. The Morgan fingerprint density at radius 3 is 2.26 bits per heavy atom. The van der Waals surface area contributed by atoms with Gasteiger partial charge in [0, 0.05) is 17.1 Å². The zero-order chi connectivity index (χ0) is 13.7. The number of hydrogen-bond donors (Lipinski definition) is 2. The quantitative estimate of drug-likeness (QED) is 0.875. The van der Waals surface area contributed by atoms with E-state index in [2.05, 4.69) is 28.4 Å². The Balaban J connectivity index is 2.07. The lowest BCUT2D eigenvalue weighted by molar-refractivity contribution is 0.187. The second-order valence-corrected chi connectivity index (χ2v) is 4.13. The molecule has 2 N–H and O–H groups in total. The monoisotopic (exact) mass is 256 g/mol. The van der Waals surface area contributed by atoms with Crippen molar-refractivity contribution >= 4 is 23.2 Å². The highest BCUT2D eigenvalue weighted by Crippen LogP contribution is 2.21. The number of ether oxygens (including phenoxy) is 1. The van der Waals surface area contributed by atoms with E-state index in [1.54, 1.807) is 0 Å². The van der Waals surface area contributed by atoms with Gasteiger partial charge in [0.25, 0.3) is 0 Å². The summed E-state index contributed by atoms with van der Waals surface area (Å²) in [6.07, 6.45) is -0.473. The number of amides is 1. The fourth-order valence-corrected chi connectivity index (χ4v) is 1.67. The Morgan fingerprint density at radius 1 is 1.00 bits per heavy atom. The van der Waals surface area contributed by atoms with Crippen molar-refractivity contribution in [3.05, 3.63) is 54.1 Å². The molecule has 1 amide bonds. The number of nitrogens with one attached hydrogen (secondary N) is 2. The average molecular weight is 256 g/mol. The first kappa shape index (κ1) is 13.0. The Morgan fingerprint density at radius 2 is 1.63 bits per heavy atom. The zero-order valence-electron chi connectivity index (χ0n) is 10.9. The lowest BCUT2D eigenvalue weighted by Crippen LogP contribution is -2.10. The van der Waals surface area contributed by atoms with Gasteiger partial charge >= 0.3 is 6.09 Å². The van der Waals surface area contributed by atoms with E-state index in [-0.39, 0.29) is 0 Å². The molecule has 0 fully saturated rings.